The summed E-state index contributed by atoms with van der Waals surface area (Å²) in [6.45, 7) is 1.26. The van der Waals surface area contributed by atoms with Crippen LogP contribution < -0.4 is 5.73 Å². The Bertz CT molecular complexity index is 1130. The number of imidazole rings is 1. The zero-order chi connectivity index (χ0) is 20.8. The van der Waals surface area contributed by atoms with Crippen LogP contribution in [0.4, 0.5) is 5.82 Å². The standard InChI is InChI=1S/C17H19N5O6S/c1-9-2-4-10(5-3-9)29(25,26)28-14-11(6-23)27-17(13(14)24)22-8-21-12-15(18)19-7-20-16(12)22/h2-5,7-8,11,13-14,17,23-24H,6H2,1H3,(H2,18,19,20)/t11-,13-,14-,17-/m1/s1. The monoisotopic (exact) mass is 421 g/mol. The lowest BCUT2D eigenvalue weighted by Gasteiger charge is -2.19. The van der Waals surface area contributed by atoms with Gasteiger partial charge in [0.2, 0.25) is 0 Å². The zero-order valence-corrected chi connectivity index (χ0v) is 16.1. The fourth-order valence-electron chi connectivity index (χ4n) is 3.18. The minimum Gasteiger partial charge on any atom is -0.394 e. The van der Waals surface area contributed by atoms with Crippen molar-refractivity contribution in [2.24, 2.45) is 0 Å². The predicted octanol–water partition coefficient (Wildman–Crippen LogP) is -0.258. The molecule has 4 rings (SSSR count). The Morgan fingerprint density at radius 3 is 2.66 bits per heavy atom. The summed E-state index contributed by atoms with van der Waals surface area (Å²) >= 11 is 0. The highest BCUT2D eigenvalue weighted by Crippen LogP contribution is 2.35. The van der Waals surface area contributed by atoms with E-state index in [2.05, 4.69) is 15.0 Å². The average Bonchev–Trinajstić information content (AvgIpc) is 3.24. The minimum atomic E-state index is -4.20. The Labute approximate surface area is 165 Å². The van der Waals surface area contributed by atoms with E-state index in [9.17, 15) is 18.6 Å². The molecule has 1 aliphatic heterocycles. The van der Waals surface area contributed by atoms with Gasteiger partial charge in [-0.25, -0.2) is 15.0 Å². The molecular weight excluding hydrogens is 402 g/mol. The van der Waals surface area contributed by atoms with Gasteiger partial charge in [0.05, 0.1) is 17.8 Å². The Morgan fingerprint density at radius 2 is 1.97 bits per heavy atom. The molecule has 0 amide bonds. The lowest BCUT2D eigenvalue weighted by Crippen LogP contribution is -2.37. The molecule has 3 heterocycles. The molecule has 0 spiro atoms. The van der Waals surface area contributed by atoms with Gasteiger partial charge in [-0.15, -0.1) is 0 Å². The first kappa shape index (κ1) is 19.7. The van der Waals surface area contributed by atoms with Crippen LogP contribution in [0.2, 0.25) is 0 Å². The molecule has 0 unspecified atom stereocenters. The first-order valence-corrected chi connectivity index (χ1v) is 10.1. The van der Waals surface area contributed by atoms with Crippen molar-refractivity contribution in [2.45, 2.75) is 36.4 Å². The molecular formula is C17H19N5O6S. The number of ether oxygens (including phenoxy) is 1. The molecule has 0 radical (unpaired) electrons. The number of aliphatic hydroxyl groups excluding tert-OH is 2. The van der Waals surface area contributed by atoms with Gasteiger partial charge in [0, 0.05) is 0 Å². The van der Waals surface area contributed by atoms with Gasteiger partial charge in [-0.1, -0.05) is 17.7 Å². The number of hydrogen-bond donors (Lipinski definition) is 3. The van der Waals surface area contributed by atoms with Crippen LogP contribution in [-0.2, 0) is 19.0 Å². The van der Waals surface area contributed by atoms with Crippen LogP contribution in [0.5, 0.6) is 0 Å². The number of fused-ring (bicyclic) bond motifs is 1. The summed E-state index contributed by atoms with van der Waals surface area (Å²) in [4.78, 5) is 12.0. The summed E-state index contributed by atoms with van der Waals surface area (Å²) in [5, 5.41) is 20.4. The number of aromatic nitrogens is 4. The van der Waals surface area contributed by atoms with E-state index in [-0.39, 0.29) is 10.7 Å². The highest BCUT2D eigenvalue weighted by atomic mass is 32.2. The molecule has 154 valence electrons. The molecule has 1 aromatic carbocycles. The SMILES string of the molecule is Cc1ccc(S(=O)(=O)O[C@H]2[C@@H](O)[C@H](n3cnc4c(N)ncnc43)O[C@@H]2CO)cc1. The van der Waals surface area contributed by atoms with Crippen LogP contribution >= 0.6 is 0 Å². The van der Waals surface area contributed by atoms with Crippen LogP contribution in [-0.4, -0.2) is 63.1 Å². The van der Waals surface area contributed by atoms with Gasteiger partial charge < -0.3 is 20.7 Å². The highest BCUT2D eigenvalue weighted by molar-refractivity contribution is 7.86. The molecule has 11 nitrogen and oxygen atoms in total. The minimum absolute atomic E-state index is 0.0657. The second-order valence-corrected chi connectivity index (χ2v) is 8.22. The highest BCUT2D eigenvalue weighted by Gasteiger charge is 2.48. The zero-order valence-electron chi connectivity index (χ0n) is 15.3. The first-order chi connectivity index (χ1) is 13.8. The van der Waals surface area contributed by atoms with E-state index in [1.165, 1.54) is 29.4 Å². The number of aliphatic hydroxyl groups is 2. The molecule has 4 atom stereocenters. The van der Waals surface area contributed by atoms with E-state index < -0.39 is 41.3 Å². The second kappa shape index (κ2) is 7.31. The fourth-order valence-corrected chi connectivity index (χ4v) is 4.29. The van der Waals surface area contributed by atoms with E-state index in [0.717, 1.165) is 5.56 Å². The van der Waals surface area contributed by atoms with Crippen molar-refractivity contribution in [3.8, 4) is 0 Å². The Hall–Kier alpha value is -2.64. The molecule has 2 aromatic heterocycles. The van der Waals surface area contributed by atoms with Crippen molar-refractivity contribution in [3.05, 3.63) is 42.5 Å². The quantitative estimate of drug-likeness (QED) is 0.468. The van der Waals surface area contributed by atoms with Gasteiger partial charge in [-0.05, 0) is 19.1 Å². The van der Waals surface area contributed by atoms with Crippen LogP contribution in [0.3, 0.4) is 0 Å². The summed E-state index contributed by atoms with van der Waals surface area (Å²) in [6, 6.07) is 6.07. The molecule has 0 bridgehead atoms. The number of nitrogens with zero attached hydrogens (tertiary/aromatic N) is 4. The number of hydrogen-bond acceptors (Lipinski definition) is 10. The van der Waals surface area contributed by atoms with E-state index in [1.807, 2.05) is 6.92 Å². The maximum absolute atomic E-state index is 12.6. The van der Waals surface area contributed by atoms with Gasteiger partial charge in [0.15, 0.2) is 17.7 Å². The van der Waals surface area contributed by atoms with Gasteiger partial charge in [0.1, 0.15) is 30.2 Å². The third-order valence-corrected chi connectivity index (χ3v) is 6.02. The topological polar surface area (TPSA) is 163 Å². The molecule has 1 saturated heterocycles. The average molecular weight is 421 g/mol. The molecule has 3 aromatic rings. The second-order valence-electron chi connectivity index (χ2n) is 6.65. The van der Waals surface area contributed by atoms with Crippen molar-refractivity contribution in [3.63, 3.8) is 0 Å². The predicted molar refractivity (Wildman–Crippen MR) is 100.0 cm³/mol. The maximum Gasteiger partial charge on any atom is 0.297 e. The number of anilines is 1. The van der Waals surface area contributed by atoms with Gasteiger partial charge in [0.25, 0.3) is 10.1 Å². The molecule has 1 fully saturated rings. The van der Waals surface area contributed by atoms with Crippen molar-refractivity contribution < 1.29 is 27.6 Å². The van der Waals surface area contributed by atoms with Gasteiger partial charge >= 0.3 is 0 Å². The summed E-state index contributed by atoms with van der Waals surface area (Å²) in [5.74, 6) is 0.148. The molecule has 0 saturated carbocycles. The summed E-state index contributed by atoms with van der Waals surface area (Å²) in [7, 11) is -4.20. The smallest absolute Gasteiger partial charge is 0.297 e. The van der Waals surface area contributed by atoms with Crippen molar-refractivity contribution >= 4 is 27.1 Å². The van der Waals surface area contributed by atoms with Crippen molar-refractivity contribution in [2.75, 3.05) is 12.3 Å². The largest absolute Gasteiger partial charge is 0.394 e. The lowest BCUT2D eigenvalue weighted by molar-refractivity contribution is -0.0502. The van der Waals surface area contributed by atoms with Crippen molar-refractivity contribution in [1.29, 1.82) is 0 Å². The van der Waals surface area contributed by atoms with E-state index in [4.69, 9.17) is 14.7 Å². The molecule has 0 aliphatic carbocycles. The third-order valence-electron chi connectivity index (χ3n) is 4.70. The van der Waals surface area contributed by atoms with E-state index >= 15 is 0 Å². The Morgan fingerprint density at radius 1 is 1.24 bits per heavy atom. The summed E-state index contributed by atoms with van der Waals surface area (Å²) < 4.78 is 37.6. The van der Waals surface area contributed by atoms with Gasteiger partial charge in [-0.2, -0.15) is 8.42 Å². The summed E-state index contributed by atoms with van der Waals surface area (Å²) in [6.07, 6.45) is -2.38. The first-order valence-electron chi connectivity index (χ1n) is 8.69. The normalized spacial score (nSPS) is 24.9. The third kappa shape index (κ3) is 3.45. The van der Waals surface area contributed by atoms with Crippen LogP contribution in [0.15, 0.2) is 41.8 Å². The van der Waals surface area contributed by atoms with Crippen molar-refractivity contribution in [1.82, 2.24) is 19.5 Å². The molecule has 4 N–H and O–H groups in total. The lowest BCUT2D eigenvalue weighted by atomic mass is 10.1. The van der Waals surface area contributed by atoms with E-state index in [0.29, 0.717) is 11.2 Å². The number of aryl methyl sites for hydroxylation is 1. The molecule has 29 heavy (non-hydrogen) atoms. The Balaban J connectivity index is 1.64. The molecule has 12 heteroatoms. The number of rotatable bonds is 5. The number of nitrogens with two attached hydrogens (primary N) is 1. The van der Waals surface area contributed by atoms with Crippen LogP contribution in [0, 0.1) is 6.92 Å². The Kier molecular flexibility index (Phi) is 4.96. The maximum atomic E-state index is 12.6. The van der Waals surface area contributed by atoms with Crippen LogP contribution in [0.1, 0.15) is 11.8 Å². The number of benzene rings is 1. The van der Waals surface area contributed by atoms with E-state index in [1.54, 1.807) is 12.1 Å². The summed E-state index contributed by atoms with van der Waals surface area (Å²) in [5.41, 5.74) is 7.25. The fraction of sp³-hybridized carbons (Fsp3) is 0.353. The molecule has 1 aliphatic rings. The van der Waals surface area contributed by atoms with Crippen LogP contribution in [0.25, 0.3) is 11.2 Å². The van der Waals surface area contributed by atoms with Gasteiger partial charge in [-0.3, -0.25) is 8.75 Å². The number of nitrogen functional groups attached to an aromatic ring is 1.